The number of carbonyl (C=O) groups excluding carboxylic acids is 1. The number of hydrogen-bond acceptors (Lipinski definition) is 7. The van der Waals surface area contributed by atoms with Crippen LogP contribution in [0.2, 0.25) is 0 Å². The lowest BCUT2D eigenvalue weighted by atomic mass is 10.1. The van der Waals surface area contributed by atoms with E-state index in [9.17, 15) is 26.7 Å². The Kier molecular flexibility index (Phi) is 8.65. The summed E-state index contributed by atoms with van der Waals surface area (Å²) < 4.78 is 63.9. The molecule has 3 heterocycles. The number of aromatic amines is 1. The molecule has 11 nitrogen and oxygen atoms in total. The minimum atomic E-state index is -5.08. The van der Waals surface area contributed by atoms with Crippen molar-refractivity contribution in [1.82, 2.24) is 34.9 Å². The summed E-state index contributed by atoms with van der Waals surface area (Å²) in [5.74, 6) is -2.93. The summed E-state index contributed by atoms with van der Waals surface area (Å²) >= 11 is 0. The van der Waals surface area contributed by atoms with Crippen LogP contribution in [0.5, 0.6) is 5.75 Å². The van der Waals surface area contributed by atoms with E-state index in [4.69, 9.17) is 20.0 Å². The lowest BCUT2D eigenvalue weighted by molar-refractivity contribution is -0.192. The van der Waals surface area contributed by atoms with E-state index in [1.807, 2.05) is 25.7 Å². The third-order valence-corrected chi connectivity index (χ3v) is 6.45. The molecule has 42 heavy (non-hydrogen) atoms. The first-order valence-corrected chi connectivity index (χ1v) is 12.7. The Balaban J connectivity index is 0.000000517. The van der Waals surface area contributed by atoms with Gasteiger partial charge in [-0.1, -0.05) is 0 Å². The molecule has 3 aromatic heterocycles. The highest BCUT2D eigenvalue weighted by Gasteiger charge is 2.39. The zero-order valence-corrected chi connectivity index (χ0v) is 22.8. The first kappa shape index (κ1) is 30.6. The third kappa shape index (κ3) is 7.29. The number of amides is 1. The summed E-state index contributed by atoms with van der Waals surface area (Å²) in [5.41, 5.74) is 2.84. The second-order valence-corrected chi connectivity index (χ2v) is 10.3. The van der Waals surface area contributed by atoms with Crippen LogP contribution < -0.4 is 10.1 Å². The molecule has 1 aromatic carbocycles. The maximum atomic E-state index is 12.9. The van der Waals surface area contributed by atoms with E-state index < -0.39 is 18.8 Å². The molecule has 0 radical (unpaired) electrons. The number of aliphatic carboxylic acids is 1. The molecule has 5 rings (SSSR count). The number of aromatic nitrogens is 5. The highest BCUT2D eigenvalue weighted by atomic mass is 19.4. The summed E-state index contributed by atoms with van der Waals surface area (Å²) in [6, 6.07) is 4.76. The van der Waals surface area contributed by atoms with Gasteiger partial charge in [-0.05, 0) is 65.0 Å². The number of carbonyl (C=O) groups is 2. The number of nitrogens with zero attached hydrogens (tertiary/aromatic N) is 5. The van der Waals surface area contributed by atoms with Crippen LogP contribution in [0.1, 0.15) is 36.5 Å². The van der Waals surface area contributed by atoms with Gasteiger partial charge in [-0.2, -0.15) is 27.1 Å². The Bertz CT molecular complexity index is 1600. The fraction of sp³-hybridized carbons (Fsp3) is 0.423. The van der Waals surface area contributed by atoms with E-state index in [1.165, 1.54) is 12.1 Å². The molecule has 0 saturated heterocycles. The van der Waals surface area contributed by atoms with Crippen molar-refractivity contribution >= 4 is 33.9 Å². The standard InChI is InChI=1S/C24H27F2N7O2.C2HF3O2/c1-24(7-8-24)30-22(34)16-12-27-21-20(16)29-17(13-28-21)19-15-11-14(35-23(25)26)5-6-18(15)33(31-19)10-4-9-32(2)3;3-2(4,5)1(6)7/h5-6,11-13,23H,4,7-10H2,1-3H3,(H,27,28)(H,30,34);(H,6,7). The van der Waals surface area contributed by atoms with Gasteiger partial charge < -0.3 is 25.0 Å². The zero-order chi connectivity index (χ0) is 30.8. The average molecular weight is 598 g/mol. The van der Waals surface area contributed by atoms with Crippen molar-refractivity contribution in [1.29, 1.82) is 0 Å². The van der Waals surface area contributed by atoms with Gasteiger partial charge in [0.15, 0.2) is 5.65 Å². The lowest BCUT2D eigenvalue weighted by Gasteiger charge is -2.10. The molecule has 0 atom stereocenters. The minimum absolute atomic E-state index is 0.0371. The molecule has 0 spiro atoms. The average Bonchev–Trinajstić information content (AvgIpc) is 3.30. The second kappa shape index (κ2) is 11.9. The van der Waals surface area contributed by atoms with Crippen LogP contribution in [-0.2, 0) is 11.3 Å². The van der Waals surface area contributed by atoms with Crippen LogP contribution in [0.4, 0.5) is 22.0 Å². The van der Waals surface area contributed by atoms with Crippen molar-refractivity contribution < 1.29 is 41.4 Å². The lowest BCUT2D eigenvalue weighted by Crippen LogP contribution is -2.34. The van der Waals surface area contributed by atoms with Gasteiger partial charge >= 0.3 is 18.8 Å². The van der Waals surface area contributed by atoms with Crippen molar-refractivity contribution in [2.45, 2.75) is 51.1 Å². The van der Waals surface area contributed by atoms with Crippen LogP contribution in [0.25, 0.3) is 33.5 Å². The van der Waals surface area contributed by atoms with E-state index in [-0.39, 0.29) is 17.2 Å². The van der Waals surface area contributed by atoms with Gasteiger partial charge in [-0.15, -0.1) is 0 Å². The molecule has 1 saturated carbocycles. The van der Waals surface area contributed by atoms with Crippen molar-refractivity contribution in [3.05, 3.63) is 36.2 Å². The van der Waals surface area contributed by atoms with E-state index in [0.29, 0.717) is 40.0 Å². The smallest absolute Gasteiger partial charge is 0.475 e. The number of fused-ring (bicyclic) bond motifs is 2. The topological polar surface area (TPSA) is 138 Å². The highest BCUT2D eigenvalue weighted by molar-refractivity contribution is 6.05. The van der Waals surface area contributed by atoms with Crippen LogP contribution in [0, 0.1) is 0 Å². The molecule has 1 fully saturated rings. The van der Waals surface area contributed by atoms with Crippen molar-refractivity contribution in [2.75, 3.05) is 20.6 Å². The normalized spacial score (nSPS) is 14.2. The molecule has 0 unspecified atom stereocenters. The molecule has 1 aliphatic rings. The number of H-pyrrole nitrogens is 1. The Morgan fingerprint density at radius 3 is 2.55 bits per heavy atom. The number of nitrogens with one attached hydrogen (secondary N) is 2. The van der Waals surface area contributed by atoms with Gasteiger partial charge in [-0.3, -0.25) is 9.48 Å². The van der Waals surface area contributed by atoms with Gasteiger partial charge in [0.05, 0.1) is 17.3 Å². The van der Waals surface area contributed by atoms with Crippen LogP contribution >= 0.6 is 0 Å². The summed E-state index contributed by atoms with van der Waals surface area (Å²) in [4.78, 5) is 36.0. The van der Waals surface area contributed by atoms with Gasteiger partial charge in [-0.25, -0.2) is 14.8 Å². The summed E-state index contributed by atoms with van der Waals surface area (Å²) in [5, 5.41) is 15.5. The number of carboxylic acids is 1. The quantitative estimate of drug-likeness (QED) is 0.241. The predicted octanol–water partition coefficient (Wildman–Crippen LogP) is 4.44. The molecular weight excluding hydrogens is 569 g/mol. The van der Waals surface area contributed by atoms with E-state index in [1.54, 1.807) is 18.5 Å². The van der Waals surface area contributed by atoms with E-state index >= 15 is 0 Å². The van der Waals surface area contributed by atoms with Crippen molar-refractivity contribution in [3.63, 3.8) is 0 Å². The molecule has 16 heteroatoms. The maximum Gasteiger partial charge on any atom is 0.490 e. The van der Waals surface area contributed by atoms with Gasteiger partial charge in [0.1, 0.15) is 22.7 Å². The van der Waals surface area contributed by atoms with Gasteiger partial charge in [0.2, 0.25) is 0 Å². The summed E-state index contributed by atoms with van der Waals surface area (Å²) in [7, 11) is 4.00. The molecule has 1 amide bonds. The van der Waals surface area contributed by atoms with Crippen LogP contribution in [0.15, 0.2) is 30.6 Å². The number of aryl methyl sites for hydroxylation is 1. The fourth-order valence-electron chi connectivity index (χ4n) is 4.06. The number of halogens is 5. The highest BCUT2D eigenvalue weighted by Crippen LogP contribution is 2.35. The molecule has 0 bridgehead atoms. The Morgan fingerprint density at radius 2 is 1.95 bits per heavy atom. The number of rotatable bonds is 9. The first-order valence-electron chi connectivity index (χ1n) is 12.7. The fourth-order valence-corrected chi connectivity index (χ4v) is 4.06. The Morgan fingerprint density at radius 1 is 1.26 bits per heavy atom. The van der Waals surface area contributed by atoms with Crippen molar-refractivity contribution in [2.24, 2.45) is 0 Å². The van der Waals surface area contributed by atoms with Crippen molar-refractivity contribution in [3.8, 4) is 17.1 Å². The first-order chi connectivity index (χ1) is 19.7. The van der Waals surface area contributed by atoms with E-state index in [0.717, 1.165) is 31.3 Å². The molecule has 0 aliphatic heterocycles. The number of hydrogen-bond donors (Lipinski definition) is 3. The largest absolute Gasteiger partial charge is 0.490 e. The Labute approximate surface area is 235 Å². The molecule has 3 N–H and O–H groups in total. The Hall–Kier alpha value is -4.34. The molecular formula is C26H28F5N7O4. The molecule has 1 aliphatic carbocycles. The second-order valence-electron chi connectivity index (χ2n) is 10.3. The minimum Gasteiger partial charge on any atom is -0.475 e. The molecule has 226 valence electrons. The number of benzene rings is 1. The van der Waals surface area contributed by atoms with Gasteiger partial charge in [0.25, 0.3) is 5.91 Å². The maximum absolute atomic E-state index is 12.9. The number of carboxylic acid groups (broad SMARTS) is 1. The third-order valence-electron chi connectivity index (χ3n) is 6.45. The van der Waals surface area contributed by atoms with E-state index in [2.05, 4.69) is 24.9 Å². The summed E-state index contributed by atoms with van der Waals surface area (Å²) in [6.07, 6.45) is 0.818. The number of ether oxygens (including phenoxy) is 1. The van der Waals surface area contributed by atoms with Gasteiger partial charge in [0, 0.05) is 23.7 Å². The zero-order valence-electron chi connectivity index (χ0n) is 22.8. The van der Waals surface area contributed by atoms with Crippen LogP contribution in [-0.4, -0.2) is 85.6 Å². The summed E-state index contributed by atoms with van der Waals surface area (Å²) in [6.45, 7) is 0.577. The van der Waals surface area contributed by atoms with Crippen LogP contribution in [0.3, 0.4) is 0 Å². The SMILES string of the molecule is CN(C)CCCn1nc(-c2cnc3[nH]cc(C(=O)NC4(C)CC4)c3n2)c2cc(OC(F)F)ccc21.O=C(O)C(F)(F)F. The predicted molar refractivity (Wildman–Crippen MR) is 141 cm³/mol. The molecule has 4 aromatic rings. The number of alkyl halides is 5. The monoisotopic (exact) mass is 597 g/mol.